The van der Waals surface area contributed by atoms with Crippen LogP contribution in [0.5, 0.6) is 0 Å². The van der Waals surface area contributed by atoms with Gasteiger partial charge in [-0.1, -0.05) is 30.3 Å². The largest absolute Gasteiger partial charge is 0.469 e. The number of esters is 1. The molecule has 3 atom stereocenters. The number of rotatable bonds is 4. The van der Waals surface area contributed by atoms with E-state index in [2.05, 4.69) is 30.0 Å². The Morgan fingerprint density at radius 2 is 2.11 bits per heavy atom. The molecular weight excluding hydrogens is 257 g/mol. The second kappa shape index (κ2) is 6.31. The number of carbonyl (C=O) groups is 1. The molecule has 0 N–H and O–H groups in total. The maximum absolute atomic E-state index is 12.0. The van der Waals surface area contributed by atoms with Gasteiger partial charge in [0.25, 0.3) is 0 Å². The van der Waals surface area contributed by atoms with E-state index in [4.69, 9.17) is 4.74 Å². The summed E-state index contributed by atoms with van der Waals surface area (Å²) < 4.78 is 4.96. The highest BCUT2D eigenvalue weighted by molar-refractivity contribution is 7.54. The summed E-state index contributed by atoms with van der Waals surface area (Å²) in [6, 6.07) is 10.3. The lowest BCUT2D eigenvalue weighted by Crippen LogP contribution is -2.24. The third-order valence-corrected chi connectivity index (χ3v) is 4.45. The van der Waals surface area contributed by atoms with Crippen molar-refractivity contribution in [2.75, 3.05) is 33.1 Å². The van der Waals surface area contributed by atoms with E-state index in [1.54, 1.807) is 0 Å². The van der Waals surface area contributed by atoms with Crippen molar-refractivity contribution in [2.45, 2.75) is 5.92 Å². The van der Waals surface area contributed by atoms with Crippen LogP contribution in [-0.4, -0.2) is 50.3 Å². The summed E-state index contributed by atoms with van der Waals surface area (Å²) in [7, 11) is 1.26. The lowest BCUT2D eigenvalue weighted by Gasteiger charge is -2.16. The summed E-state index contributed by atoms with van der Waals surface area (Å²) in [5, 5.41) is 0. The molecule has 3 nitrogen and oxygen atoms in total. The van der Waals surface area contributed by atoms with Crippen LogP contribution in [0.4, 0.5) is 0 Å². The molecule has 1 saturated heterocycles. The van der Waals surface area contributed by atoms with Gasteiger partial charge in [0.15, 0.2) is 6.29 Å². The van der Waals surface area contributed by atoms with Crippen LogP contribution in [0.25, 0.3) is 0 Å². The van der Waals surface area contributed by atoms with Crippen molar-refractivity contribution in [1.29, 1.82) is 0 Å². The molecule has 0 spiro atoms. The molecule has 1 aromatic rings. The van der Waals surface area contributed by atoms with Crippen LogP contribution in [0, 0.1) is 5.92 Å². The lowest BCUT2D eigenvalue weighted by molar-refractivity contribution is -0.145. The zero-order chi connectivity index (χ0) is 13.8. The fourth-order valence-electron chi connectivity index (χ4n) is 2.77. The van der Waals surface area contributed by atoms with Crippen LogP contribution in [0.1, 0.15) is 11.5 Å². The summed E-state index contributed by atoms with van der Waals surface area (Å²) in [4.78, 5) is 14.3. The van der Waals surface area contributed by atoms with Crippen molar-refractivity contribution in [3.63, 3.8) is 0 Å². The normalized spacial score (nSPS) is 24.2. The molecule has 4 heteroatoms. The molecule has 1 aliphatic heterocycles. The van der Waals surface area contributed by atoms with Gasteiger partial charge in [0.1, 0.15) is 0 Å². The standard InChI is InChI=1S/C15H21NO2P/c1-18-15(17)14-10-16(11-19(2)3)9-13(14)12-7-5-4-6-8-12/h4-8,13-14H,2,9-11H2,1,3H3/q+1. The van der Waals surface area contributed by atoms with E-state index in [0.717, 1.165) is 19.4 Å². The van der Waals surface area contributed by atoms with Gasteiger partial charge in [-0.25, -0.2) is 0 Å². The van der Waals surface area contributed by atoms with Gasteiger partial charge >= 0.3 is 5.97 Å². The van der Waals surface area contributed by atoms with Gasteiger partial charge < -0.3 is 4.74 Å². The average molecular weight is 278 g/mol. The number of hydrogen-bond acceptors (Lipinski definition) is 3. The van der Waals surface area contributed by atoms with Gasteiger partial charge in [0, 0.05) is 19.0 Å². The number of benzene rings is 1. The topological polar surface area (TPSA) is 29.5 Å². The first-order chi connectivity index (χ1) is 9.11. The fraction of sp³-hybridized carbons (Fsp3) is 0.467. The van der Waals surface area contributed by atoms with Crippen LogP contribution in [0.3, 0.4) is 0 Å². The predicted octanol–water partition coefficient (Wildman–Crippen LogP) is 2.38. The SMILES string of the molecule is C=[P+](C)CN1CC(C(=O)OC)C(c2ccccc2)C1. The maximum Gasteiger partial charge on any atom is 0.310 e. The van der Waals surface area contributed by atoms with Crippen LogP contribution < -0.4 is 0 Å². The Bertz CT molecular complexity index is 460. The molecule has 2 rings (SSSR count). The molecule has 1 aliphatic rings. The van der Waals surface area contributed by atoms with Gasteiger partial charge in [0.05, 0.1) is 33.5 Å². The Kier molecular flexibility index (Phi) is 4.73. The number of likely N-dealkylation sites (tertiary alicyclic amines) is 1. The molecule has 0 saturated carbocycles. The van der Waals surface area contributed by atoms with Crippen molar-refractivity contribution < 1.29 is 9.53 Å². The minimum atomic E-state index is -0.218. The molecule has 0 bridgehead atoms. The first-order valence-corrected chi connectivity index (χ1v) is 8.64. The minimum absolute atomic E-state index is 0.0534. The zero-order valence-corrected chi connectivity index (χ0v) is 12.5. The third-order valence-electron chi connectivity index (χ3n) is 3.57. The first kappa shape index (κ1) is 14.2. The molecule has 0 radical (unpaired) electrons. The van der Waals surface area contributed by atoms with Crippen molar-refractivity contribution >= 4 is 19.8 Å². The van der Waals surface area contributed by atoms with E-state index in [0.29, 0.717) is 0 Å². The molecule has 0 aliphatic carbocycles. The van der Waals surface area contributed by atoms with E-state index >= 15 is 0 Å². The van der Waals surface area contributed by atoms with E-state index in [1.807, 2.05) is 18.2 Å². The van der Waals surface area contributed by atoms with Crippen molar-refractivity contribution in [1.82, 2.24) is 4.90 Å². The zero-order valence-electron chi connectivity index (χ0n) is 11.6. The van der Waals surface area contributed by atoms with Crippen molar-refractivity contribution in [2.24, 2.45) is 5.92 Å². The monoisotopic (exact) mass is 278 g/mol. The van der Waals surface area contributed by atoms with Gasteiger partial charge in [-0.15, -0.1) is 0 Å². The Labute approximate surface area is 116 Å². The summed E-state index contributed by atoms with van der Waals surface area (Å²) in [5.74, 6) is 0.0896. The van der Waals surface area contributed by atoms with E-state index in [1.165, 1.54) is 12.7 Å². The Morgan fingerprint density at radius 3 is 2.68 bits per heavy atom. The number of nitrogens with zero attached hydrogens (tertiary/aromatic N) is 1. The van der Waals surface area contributed by atoms with E-state index < -0.39 is 0 Å². The molecule has 1 heterocycles. The minimum Gasteiger partial charge on any atom is -0.469 e. The summed E-state index contributed by atoms with van der Waals surface area (Å²) in [5.41, 5.74) is 1.23. The van der Waals surface area contributed by atoms with Crippen LogP contribution in [0.2, 0.25) is 0 Å². The Balaban J connectivity index is 2.19. The van der Waals surface area contributed by atoms with E-state index in [-0.39, 0.29) is 25.4 Å². The third kappa shape index (κ3) is 3.43. The molecule has 3 unspecified atom stereocenters. The summed E-state index contributed by atoms with van der Waals surface area (Å²) in [6.07, 6.45) is 5.09. The quantitative estimate of drug-likeness (QED) is 0.625. The van der Waals surface area contributed by atoms with Crippen LogP contribution in [0.15, 0.2) is 30.3 Å². The average Bonchev–Trinajstić information content (AvgIpc) is 2.82. The van der Waals surface area contributed by atoms with Crippen LogP contribution in [-0.2, 0) is 9.53 Å². The molecule has 0 amide bonds. The number of hydrogen-bond donors (Lipinski definition) is 0. The van der Waals surface area contributed by atoms with Gasteiger partial charge in [-0.2, -0.15) is 0 Å². The van der Waals surface area contributed by atoms with Crippen molar-refractivity contribution in [3.8, 4) is 0 Å². The molecule has 1 aromatic carbocycles. The fourth-order valence-corrected chi connectivity index (χ4v) is 3.68. The highest BCUT2D eigenvalue weighted by Crippen LogP contribution is 2.35. The molecule has 1 fully saturated rings. The summed E-state index contributed by atoms with van der Waals surface area (Å²) in [6.45, 7) is 3.87. The molecule has 19 heavy (non-hydrogen) atoms. The lowest BCUT2D eigenvalue weighted by atomic mass is 9.89. The highest BCUT2D eigenvalue weighted by atomic mass is 31.1. The van der Waals surface area contributed by atoms with E-state index in [9.17, 15) is 4.79 Å². The van der Waals surface area contributed by atoms with Gasteiger partial charge in [-0.05, 0) is 5.56 Å². The second-order valence-electron chi connectivity index (χ2n) is 5.18. The van der Waals surface area contributed by atoms with Gasteiger partial charge in [0.2, 0.25) is 0 Å². The predicted molar refractivity (Wildman–Crippen MR) is 81.1 cm³/mol. The second-order valence-corrected chi connectivity index (χ2v) is 7.18. The van der Waals surface area contributed by atoms with Gasteiger partial charge in [-0.3, -0.25) is 9.69 Å². The smallest absolute Gasteiger partial charge is 0.310 e. The van der Waals surface area contributed by atoms with Crippen LogP contribution >= 0.6 is 7.55 Å². The summed E-state index contributed by atoms with van der Waals surface area (Å²) >= 11 is 0. The highest BCUT2D eigenvalue weighted by Gasteiger charge is 2.39. The number of ether oxygens (including phenoxy) is 1. The molecule has 102 valence electrons. The number of methoxy groups -OCH3 is 1. The first-order valence-electron chi connectivity index (χ1n) is 6.48. The molecule has 0 aromatic heterocycles. The van der Waals surface area contributed by atoms with Crippen molar-refractivity contribution in [3.05, 3.63) is 35.9 Å². The maximum atomic E-state index is 12.0. The Hall–Kier alpha value is -1.18. The Morgan fingerprint density at radius 1 is 1.42 bits per heavy atom. The number of carbonyl (C=O) groups excluding carboxylic acids is 1. The molecular formula is C15H21NO2P+.